The Hall–Kier alpha value is -2.28. The quantitative estimate of drug-likeness (QED) is 0.626. The van der Waals surface area contributed by atoms with Crippen molar-refractivity contribution >= 4 is 28.6 Å². The van der Waals surface area contributed by atoms with Gasteiger partial charge in [-0.05, 0) is 6.92 Å². The van der Waals surface area contributed by atoms with E-state index in [0.29, 0.717) is 15.7 Å². The van der Waals surface area contributed by atoms with Crippen LogP contribution in [0, 0.1) is 6.92 Å². The van der Waals surface area contributed by atoms with Crippen LogP contribution in [0.4, 0.5) is 5.13 Å². The molecule has 0 aromatic carbocycles. The summed E-state index contributed by atoms with van der Waals surface area (Å²) in [6.45, 7) is 1.73. The van der Waals surface area contributed by atoms with Crippen LogP contribution in [0.15, 0.2) is 29.6 Å². The number of aryl methyl sites for hydroxylation is 1. The van der Waals surface area contributed by atoms with Gasteiger partial charge in [0.1, 0.15) is 4.88 Å². The van der Waals surface area contributed by atoms with Gasteiger partial charge in [-0.2, -0.15) is 5.10 Å². The molecule has 0 saturated carbocycles. The number of H-pyrrole nitrogens is 1. The summed E-state index contributed by atoms with van der Waals surface area (Å²) >= 11 is 1.14. The fourth-order valence-electron chi connectivity index (χ4n) is 1.33. The van der Waals surface area contributed by atoms with Gasteiger partial charge in [0.25, 0.3) is 5.91 Å². The highest BCUT2D eigenvalue weighted by Gasteiger charge is 2.12. The molecule has 0 unspecified atom stereocenters. The van der Waals surface area contributed by atoms with E-state index in [-0.39, 0.29) is 5.91 Å². The van der Waals surface area contributed by atoms with E-state index in [1.54, 1.807) is 25.5 Å². The van der Waals surface area contributed by atoms with Gasteiger partial charge in [0.2, 0.25) is 0 Å². The zero-order valence-corrected chi connectivity index (χ0v) is 10.5. The van der Waals surface area contributed by atoms with E-state index in [1.165, 1.54) is 0 Å². The van der Waals surface area contributed by atoms with Crippen LogP contribution in [0.1, 0.15) is 20.9 Å². The van der Waals surface area contributed by atoms with Crippen molar-refractivity contribution in [3.8, 4) is 0 Å². The molecule has 7 heteroatoms. The summed E-state index contributed by atoms with van der Waals surface area (Å²) in [5.41, 5.74) is 9.45. The Kier molecular flexibility index (Phi) is 3.63. The molecule has 0 fully saturated rings. The van der Waals surface area contributed by atoms with Crippen molar-refractivity contribution in [1.82, 2.24) is 10.4 Å². The van der Waals surface area contributed by atoms with Gasteiger partial charge in [-0.15, -0.1) is 0 Å². The summed E-state index contributed by atoms with van der Waals surface area (Å²) in [6.07, 6.45) is 5.11. The second kappa shape index (κ2) is 5.37. The fourth-order valence-corrected chi connectivity index (χ4v) is 2.05. The van der Waals surface area contributed by atoms with Crippen molar-refractivity contribution < 1.29 is 9.78 Å². The van der Waals surface area contributed by atoms with Crippen LogP contribution in [0.25, 0.3) is 0 Å². The summed E-state index contributed by atoms with van der Waals surface area (Å²) in [5, 5.41) is 4.24. The highest BCUT2D eigenvalue weighted by atomic mass is 32.1. The number of nitrogens with zero attached hydrogens (tertiary/aromatic N) is 2. The van der Waals surface area contributed by atoms with Gasteiger partial charge in [0, 0.05) is 17.7 Å². The number of anilines is 1. The lowest BCUT2D eigenvalue weighted by atomic mass is 10.3. The topological polar surface area (TPSA) is 94.5 Å². The number of aromatic nitrogens is 2. The number of aromatic amines is 1. The Morgan fingerprint density at radius 3 is 2.89 bits per heavy atom. The first kappa shape index (κ1) is 12.2. The highest BCUT2D eigenvalue weighted by molar-refractivity contribution is 7.17. The predicted molar refractivity (Wildman–Crippen MR) is 69.3 cm³/mol. The van der Waals surface area contributed by atoms with Crippen LogP contribution >= 0.6 is 11.3 Å². The number of carbonyl (C=O) groups excluding carboxylic acids is 1. The van der Waals surface area contributed by atoms with Crippen LogP contribution in [-0.4, -0.2) is 17.1 Å². The van der Waals surface area contributed by atoms with E-state index in [2.05, 4.69) is 20.5 Å². The van der Waals surface area contributed by atoms with Crippen molar-refractivity contribution in [1.29, 1.82) is 0 Å². The fraction of sp³-hybridized carbons (Fsp3) is 0.0909. The summed E-state index contributed by atoms with van der Waals surface area (Å²) < 4.78 is 0. The van der Waals surface area contributed by atoms with Gasteiger partial charge in [-0.1, -0.05) is 11.3 Å². The summed E-state index contributed by atoms with van der Waals surface area (Å²) in [6, 6.07) is 3.68. The summed E-state index contributed by atoms with van der Waals surface area (Å²) in [7, 11) is 0. The number of rotatable bonds is 3. The highest BCUT2D eigenvalue weighted by Crippen LogP contribution is 2.19. The van der Waals surface area contributed by atoms with Gasteiger partial charge < -0.3 is 5.73 Å². The third-order valence-corrected chi connectivity index (χ3v) is 3.13. The van der Waals surface area contributed by atoms with E-state index in [4.69, 9.17) is 5.73 Å². The number of hydrazone groups is 1. The molecule has 0 atom stereocenters. The normalized spacial score (nSPS) is 10.7. The number of pyridine rings is 1. The third-order valence-electron chi connectivity index (χ3n) is 2.14. The first-order valence-corrected chi connectivity index (χ1v) is 6.01. The lowest BCUT2D eigenvalue weighted by molar-refractivity contribution is -0.378. The molecular weight excluding hydrogens is 250 g/mol. The number of hydrogen-bond donors (Lipinski definition) is 2. The second-order valence-corrected chi connectivity index (χ2v) is 4.53. The molecule has 0 aliphatic heterocycles. The molecule has 0 aliphatic carbocycles. The minimum Gasteiger partial charge on any atom is -0.375 e. The number of hydrogen-bond acceptors (Lipinski definition) is 5. The molecule has 0 radical (unpaired) electrons. The summed E-state index contributed by atoms with van der Waals surface area (Å²) in [5.74, 6) is -0.305. The zero-order chi connectivity index (χ0) is 13.0. The Morgan fingerprint density at radius 2 is 2.28 bits per heavy atom. The zero-order valence-electron chi connectivity index (χ0n) is 9.68. The van der Waals surface area contributed by atoms with Crippen LogP contribution in [-0.2, 0) is 0 Å². The minimum atomic E-state index is -0.305. The molecule has 18 heavy (non-hydrogen) atoms. The first-order chi connectivity index (χ1) is 8.66. The molecule has 0 aliphatic rings. The van der Waals surface area contributed by atoms with E-state index in [9.17, 15) is 4.79 Å². The van der Waals surface area contributed by atoms with E-state index >= 15 is 0 Å². The van der Waals surface area contributed by atoms with Crippen molar-refractivity contribution in [3.05, 3.63) is 40.7 Å². The maximum Gasteiger partial charge on any atom is 0.283 e. The standard InChI is InChI=1S/C11H11N5OS/c1-7-9(18-11(12)15-7)10(17)16-14-6-8-2-4-13-5-3-8/h2-6H,1H3,(H2,12,15)(H,16,17)/p+1. The number of thiazole rings is 1. The van der Waals surface area contributed by atoms with Crippen LogP contribution in [0.5, 0.6) is 0 Å². The van der Waals surface area contributed by atoms with Crippen molar-refractivity contribution in [2.24, 2.45) is 5.10 Å². The number of carbonyl (C=O) groups is 1. The van der Waals surface area contributed by atoms with E-state index < -0.39 is 0 Å². The average molecular weight is 262 g/mol. The van der Waals surface area contributed by atoms with Gasteiger partial charge in [0.15, 0.2) is 17.5 Å². The molecule has 2 rings (SSSR count). The Morgan fingerprint density at radius 1 is 1.56 bits per heavy atom. The van der Waals surface area contributed by atoms with Crippen molar-refractivity contribution in [2.45, 2.75) is 6.92 Å². The van der Waals surface area contributed by atoms with Gasteiger partial charge >= 0.3 is 0 Å². The monoisotopic (exact) mass is 262 g/mol. The Bertz CT molecular complexity index is 578. The number of nitrogens with two attached hydrogens (primary N) is 1. The molecule has 0 bridgehead atoms. The SMILES string of the molecule is Cc1nc(N)sc1C(=O)NN=Cc1cc[nH+]cc1. The molecule has 6 nitrogen and oxygen atoms in total. The minimum absolute atomic E-state index is 0.305. The molecule has 2 aromatic heterocycles. The van der Waals surface area contributed by atoms with Crippen LogP contribution < -0.4 is 16.1 Å². The smallest absolute Gasteiger partial charge is 0.283 e. The molecule has 1 amide bonds. The van der Waals surface area contributed by atoms with Crippen LogP contribution in [0.3, 0.4) is 0 Å². The van der Waals surface area contributed by atoms with Gasteiger partial charge in [-0.3, -0.25) is 4.79 Å². The number of nitrogens with one attached hydrogen (secondary N) is 2. The maximum absolute atomic E-state index is 11.8. The molecular formula is C11H12N5OS+. The lowest BCUT2D eigenvalue weighted by Gasteiger charge is -1.96. The predicted octanol–water partition coefficient (Wildman–Crippen LogP) is 0.612. The number of amides is 1. The third kappa shape index (κ3) is 2.89. The molecule has 0 saturated heterocycles. The second-order valence-electron chi connectivity index (χ2n) is 3.50. The Labute approximate surface area is 108 Å². The van der Waals surface area contributed by atoms with Crippen molar-refractivity contribution in [2.75, 3.05) is 5.73 Å². The Balaban J connectivity index is 2.01. The van der Waals surface area contributed by atoms with Gasteiger partial charge in [-0.25, -0.2) is 15.4 Å². The molecule has 4 N–H and O–H groups in total. The van der Waals surface area contributed by atoms with Gasteiger partial charge in [0.05, 0.1) is 11.9 Å². The van der Waals surface area contributed by atoms with Crippen LogP contribution in [0.2, 0.25) is 0 Å². The lowest BCUT2D eigenvalue weighted by Crippen LogP contribution is -2.17. The molecule has 0 spiro atoms. The average Bonchev–Trinajstić information content (AvgIpc) is 2.70. The first-order valence-electron chi connectivity index (χ1n) is 5.19. The molecule has 2 heterocycles. The van der Waals surface area contributed by atoms with Crippen molar-refractivity contribution in [3.63, 3.8) is 0 Å². The van der Waals surface area contributed by atoms with E-state index in [0.717, 1.165) is 16.9 Å². The maximum atomic E-state index is 11.8. The molecule has 92 valence electrons. The number of nitrogen functional groups attached to an aromatic ring is 1. The summed E-state index contributed by atoms with van der Waals surface area (Å²) in [4.78, 5) is 19.1. The van der Waals surface area contributed by atoms with E-state index in [1.807, 2.05) is 12.1 Å². The molecule has 2 aromatic rings. The largest absolute Gasteiger partial charge is 0.375 e.